The summed E-state index contributed by atoms with van der Waals surface area (Å²) >= 11 is 1.72. The standard InChI is InChI=1S/C25H34N4O2S/c1-20(26-24(30)25(31)29-12-6-3-7-13-29)23(22-11-8-18-32-22)28-16-14-27(15-17-28)19-21-9-4-2-5-10-21/h2,4-5,8-11,18,20,23H,3,6-7,12-17,19H2,1H3,(H,26,30)/t20-,23+/m1/s1. The number of benzene rings is 1. The van der Waals surface area contributed by atoms with Crippen molar-refractivity contribution in [3.63, 3.8) is 0 Å². The van der Waals surface area contributed by atoms with Gasteiger partial charge in [-0.3, -0.25) is 19.4 Å². The zero-order valence-electron chi connectivity index (χ0n) is 18.9. The van der Waals surface area contributed by atoms with E-state index < -0.39 is 5.91 Å². The second-order valence-corrected chi connectivity index (χ2v) is 9.85. The molecule has 2 amide bonds. The van der Waals surface area contributed by atoms with Crippen molar-refractivity contribution >= 4 is 23.2 Å². The highest BCUT2D eigenvalue weighted by molar-refractivity contribution is 7.10. The molecule has 2 aliphatic rings. The highest BCUT2D eigenvalue weighted by Gasteiger charge is 2.33. The Kier molecular flexibility index (Phi) is 7.95. The highest BCUT2D eigenvalue weighted by atomic mass is 32.1. The second kappa shape index (κ2) is 11.1. The number of rotatable bonds is 6. The summed E-state index contributed by atoms with van der Waals surface area (Å²) in [4.78, 5) is 33.3. The molecule has 172 valence electrons. The van der Waals surface area contributed by atoms with Gasteiger partial charge in [0.25, 0.3) is 0 Å². The summed E-state index contributed by atoms with van der Waals surface area (Å²) in [6.45, 7) is 8.24. The van der Waals surface area contributed by atoms with Crippen molar-refractivity contribution < 1.29 is 9.59 Å². The fraction of sp³-hybridized carbons (Fsp3) is 0.520. The van der Waals surface area contributed by atoms with E-state index in [-0.39, 0.29) is 18.0 Å². The van der Waals surface area contributed by atoms with E-state index in [4.69, 9.17) is 0 Å². The molecule has 0 spiro atoms. The summed E-state index contributed by atoms with van der Waals surface area (Å²) in [7, 11) is 0. The number of hydrogen-bond donors (Lipinski definition) is 1. The van der Waals surface area contributed by atoms with Crippen molar-refractivity contribution in [1.29, 1.82) is 0 Å². The maximum Gasteiger partial charge on any atom is 0.311 e. The molecule has 4 rings (SSSR count). The zero-order valence-corrected chi connectivity index (χ0v) is 19.7. The van der Waals surface area contributed by atoms with Crippen LogP contribution in [0, 0.1) is 0 Å². The van der Waals surface area contributed by atoms with E-state index in [1.807, 2.05) is 6.92 Å². The quantitative estimate of drug-likeness (QED) is 0.682. The first-order valence-corrected chi connectivity index (χ1v) is 12.6. The fourth-order valence-electron chi connectivity index (χ4n) is 4.83. The molecule has 1 N–H and O–H groups in total. The van der Waals surface area contributed by atoms with Gasteiger partial charge in [0.15, 0.2) is 0 Å². The van der Waals surface area contributed by atoms with Gasteiger partial charge in [-0.05, 0) is 43.2 Å². The number of nitrogens with one attached hydrogen (secondary N) is 1. The molecule has 2 fully saturated rings. The molecule has 2 atom stereocenters. The molecular formula is C25H34N4O2S. The third kappa shape index (κ3) is 5.77. The van der Waals surface area contributed by atoms with Crippen LogP contribution in [-0.2, 0) is 16.1 Å². The fourth-order valence-corrected chi connectivity index (χ4v) is 5.80. The topological polar surface area (TPSA) is 55.9 Å². The van der Waals surface area contributed by atoms with E-state index in [0.717, 1.165) is 52.0 Å². The molecule has 7 heteroatoms. The van der Waals surface area contributed by atoms with Gasteiger partial charge in [-0.1, -0.05) is 36.4 Å². The Morgan fingerprint density at radius 1 is 0.938 bits per heavy atom. The van der Waals surface area contributed by atoms with Gasteiger partial charge in [-0.2, -0.15) is 0 Å². The number of nitrogens with zero attached hydrogens (tertiary/aromatic N) is 3. The van der Waals surface area contributed by atoms with Crippen LogP contribution in [0.4, 0.5) is 0 Å². The SMILES string of the molecule is C[C@@H](NC(=O)C(=O)N1CCCCC1)[C@@H](c1cccs1)N1CCN(Cc2ccccc2)CC1. The van der Waals surface area contributed by atoms with E-state index in [0.29, 0.717) is 13.1 Å². The van der Waals surface area contributed by atoms with Crippen LogP contribution in [0.3, 0.4) is 0 Å². The lowest BCUT2D eigenvalue weighted by molar-refractivity contribution is -0.147. The largest absolute Gasteiger partial charge is 0.343 e. The summed E-state index contributed by atoms with van der Waals surface area (Å²) in [5.74, 6) is -0.849. The van der Waals surface area contributed by atoms with Crippen molar-refractivity contribution in [2.45, 2.75) is 44.8 Å². The maximum absolute atomic E-state index is 12.7. The van der Waals surface area contributed by atoms with E-state index in [9.17, 15) is 9.59 Å². The average molecular weight is 455 g/mol. The van der Waals surface area contributed by atoms with Crippen LogP contribution < -0.4 is 5.32 Å². The first-order chi connectivity index (χ1) is 15.6. The Morgan fingerprint density at radius 2 is 1.66 bits per heavy atom. The predicted molar refractivity (Wildman–Crippen MR) is 128 cm³/mol. The highest BCUT2D eigenvalue weighted by Crippen LogP contribution is 2.29. The molecule has 0 bridgehead atoms. The van der Waals surface area contributed by atoms with Crippen LogP contribution in [0.5, 0.6) is 0 Å². The van der Waals surface area contributed by atoms with Gasteiger partial charge in [0.05, 0.1) is 6.04 Å². The van der Waals surface area contributed by atoms with Gasteiger partial charge in [0, 0.05) is 56.7 Å². The molecule has 2 aliphatic heterocycles. The van der Waals surface area contributed by atoms with Crippen LogP contribution in [0.25, 0.3) is 0 Å². The lowest BCUT2D eigenvalue weighted by atomic mass is 10.0. The Hall–Kier alpha value is -2.22. The van der Waals surface area contributed by atoms with Crippen LogP contribution in [0.1, 0.15) is 42.7 Å². The van der Waals surface area contributed by atoms with Crippen molar-refractivity contribution in [1.82, 2.24) is 20.0 Å². The Labute approximate surface area is 195 Å². The molecule has 32 heavy (non-hydrogen) atoms. The number of piperazine rings is 1. The van der Waals surface area contributed by atoms with Gasteiger partial charge in [-0.25, -0.2) is 0 Å². The van der Waals surface area contributed by atoms with Crippen molar-refractivity contribution in [3.8, 4) is 0 Å². The maximum atomic E-state index is 12.7. The first kappa shape index (κ1) is 23.0. The van der Waals surface area contributed by atoms with E-state index in [1.165, 1.54) is 10.4 Å². The summed E-state index contributed by atoms with van der Waals surface area (Å²) in [5.41, 5.74) is 1.34. The number of piperidine rings is 1. The summed E-state index contributed by atoms with van der Waals surface area (Å²) in [5, 5.41) is 5.12. The molecule has 0 unspecified atom stereocenters. The summed E-state index contributed by atoms with van der Waals surface area (Å²) < 4.78 is 0. The molecule has 1 aromatic carbocycles. The van der Waals surface area contributed by atoms with Crippen molar-refractivity contribution in [2.75, 3.05) is 39.3 Å². The third-order valence-electron chi connectivity index (χ3n) is 6.55. The van der Waals surface area contributed by atoms with Crippen molar-refractivity contribution in [3.05, 3.63) is 58.3 Å². The number of hydrogen-bond acceptors (Lipinski definition) is 5. The van der Waals surface area contributed by atoms with Gasteiger partial charge < -0.3 is 10.2 Å². The average Bonchev–Trinajstić information content (AvgIpc) is 3.35. The molecule has 2 saturated heterocycles. The number of likely N-dealkylation sites (tertiary alicyclic amines) is 1. The summed E-state index contributed by atoms with van der Waals surface area (Å²) in [6, 6.07) is 14.7. The molecule has 2 aromatic rings. The number of carbonyl (C=O) groups is 2. The van der Waals surface area contributed by atoms with E-state index >= 15 is 0 Å². The molecule has 1 aromatic heterocycles. The minimum Gasteiger partial charge on any atom is -0.343 e. The Balaban J connectivity index is 1.37. The predicted octanol–water partition coefficient (Wildman–Crippen LogP) is 3.12. The number of thiophene rings is 1. The van der Waals surface area contributed by atoms with Crippen LogP contribution in [0.15, 0.2) is 47.8 Å². The minimum absolute atomic E-state index is 0.0759. The van der Waals surface area contributed by atoms with E-state index in [2.05, 4.69) is 63.0 Å². The van der Waals surface area contributed by atoms with Crippen LogP contribution in [-0.4, -0.2) is 71.8 Å². The van der Waals surface area contributed by atoms with Crippen molar-refractivity contribution in [2.24, 2.45) is 0 Å². The van der Waals surface area contributed by atoms with Crippen LogP contribution in [0.2, 0.25) is 0 Å². The van der Waals surface area contributed by atoms with Gasteiger partial charge in [-0.15, -0.1) is 11.3 Å². The zero-order chi connectivity index (χ0) is 22.3. The number of amides is 2. The number of carbonyl (C=O) groups excluding carboxylic acids is 2. The Bertz CT molecular complexity index is 859. The molecule has 6 nitrogen and oxygen atoms in total. The van der Waals surface area contributed by atoms with Gasteiger partial charge in [0.2, 0.25) is 0 Å². The molecule has 0 radical (unpaired) electrons. The van der Waals surface area contributed by atoms with E-state index in [1.54, 1.807) is 16.2 Å². The Morgan fingerprint density at radius 3 is 2.31 bits per heavy atom. The second-order valence-electron chi connectivity index (χ2n) is 8.87. The molecule has 0 aliphatic carbocycles. The molecule has 3 heterocycles. The summed E-state index contributed by atoms with van der Waals surface area (Å²) in [6.07, 6.45) is 3.11. The lowest BCUT2D eigenvalue weighted by Gasteiger charge is -2.41. The van der Waals surface area contributed by atoms with Gasteiger partial charge >= 0.3 is 11.8 Å². The lowest BCUT2D eigenvalue weighted by Crippen LogP contribution is -2.54. The van der Waals surface area contributed by atoms with Crippen LogP contribution >= 0.6 is 11.3 Å². The molecule has 0 saturated carbocycles. The molecular weight excluding hydrogens is 420 g/mol. The van der Waals surface area contributed by atoms with Gasteiger partial charge in [0.1, 0.15) is 0 Å². The third-order valence-corrected chi connectivity index (χ3v) is 7.50. The minimum atomic E-state index is -0.469. The smallest absolute Gasteiger partial charge is 0.311 e. The monoisotopic (exact) mass is 454 g/mol. The normalized spacial score (nSPS) is 20.0. The first-order valence-electron chi connectivity index (χ1n) is 11.8.